The Morgan fingerprint density at radius 3 is 2.40 bits per heavy atom. The van der Waals surface area contributed by atoms with Gasteiger partial charge >= 0.3 is 0 Å². The van der Waals surface area contributed by atoms with Gasteiger partial charge in [-0.1, -0.05) is 31.9 Å². The highest BCUT2D eigenvalue weighted by Crippen LogP contribution is 2.19. The van der Waals surface area contributed by atoms with E-state index in [0.29, 0.717) is 18.6 Å². The zero-order valence-electron chi connectivity index (χ0n) is 12.6. The van der Waals surface area contributed by atoms with Crippen molar-refractivity contribution in [1.82, 2.24) is 5.32 Å². The van der Waals surface area contributed by atoms with Crippen molar-refractivity contribution in [1.29, 1.82) is 0 Å². The number of rotatable bonds is 8. The minimum Gasteiger partial charge on any atom is -0.481 e. The van der Waals surface area contributed by atoms with Crippen LogP contribution in [0.5, 0.6) is 5.75 Å². The molecule has 0 amide bonds. The molecule has 3 nitrogen and oxygen atoms in total. The number of aliphatic hydroxyl groups excluding tert-OH is 1. The first kappa shape index (κ1) is 16.6. The van der Waals surface area contributed by atoms with Crippen LogP contribution in [0.2, 0.25) is 0 Å². The molecule has 1 rings (SSSR count). The van der Waals surface area contributed by atoms with Crippen molar-refractivity contribution in [3.8, 4) is 18.1 Å². The van der Waals surface area contributed by atoms with Crippen LogP contribution in [0.1, 0.15) is 38.8 Å². The standard InChI is InChI=1S/C17H25NO2/c1-5-12-20-16-8-6-15(7-9-16)14(4)18-17(10-11-19)13(2)3/h1,6-9,13-14,17-19H,10-12H2,2-4H3. The van der Waals surface area contributed by atoms with E-state index in [9.17, 15) is 0 Å². The average molecular weight is 275 g/mol. The predicted octanol–water partition coefficient (Wildman–Crippen LogP) is 2.76. The summed E-state index contributed by atoms with van der Waals surface area (Å²) in [7, 11) is 0. The molecule has 0 saturated heterocycles. The second kappa shape index (κ2) is 8.63. The lowest BCUT2D eigenvalue weighted by Crippen LogP contribution is -2.36. The van der Waals surface area contributed by atoms with Crippen molar-refractivity contribution in [3.63, 3.8) is 0 Å². The molecular weight excluding hydrogens is 250 g/mol. The lowest BCUT2D eigenvalue weighted by Gasteiger charge is -2.26. The van der Waals surface area contributed by atoms with Gasteiger partial charge in [0.1, 0.15) is 12.4 Å². The monoisotopic (exact) mass is 275 g/mol. The number of benzene rings is 1. The molecule has 3 heteroatoms. The van der Waals surface area contributed by atoms with E-state index in [2.05, 4.69) is 32.0 Å². The predicted molar refractivity (Wildman–Crippen MR) is 82.6 cm³/mol. The molecule has 0 heterocycles. The minimum absolute atomic E-state index is 0.210. The van der Waals surface area contributed by atoms with Gasteiger partial charge in [0.2, 0.25) is 0 Å². The van der Waals surface area contributed by atoms with Crippen molar-refractivity contribution < 1.29 is 9.84 Å². The Labute approximate surface area is 122 Å². The van der Waals surface area contributed by atoms with Gasteiger partial charge in [0.15, 0.2) is 0 Å². The summed E-state index contributed by atoms with van der Waals surface area (Å²) in [6, 6.07) is 8.49. The molecule has 0 saturated carbocycles. The number of hydrogen-bond donors (Lipinski definition) is 2. The van der Waals surface area contributed by atoms with Gasteiger partial charge in [-0.3, -0.25) is 0 Å². The Morgan fingerprint density at radius 2 is 1.90 bits per heavy atom. The number of aliphatic hydroxyl groups is 1. The minimum atomic E-state index is 0.210. The maximum atomic E-state index is 9.12. The number of nitrogens with one attached hydrogen (secondary N) is 1. The van der Waals surface area contributed by atoms with Crippen molar-refractivity contribution in [2.75, 3.05) is 13.2 Å². The number of hydrogen-bond acceptors (Lipinski definition) is 3. The van der Waals surface area contributed by atoms with Gasteiger partial charge in [0.25, 0.3) is 0 Å². The third kappa shape index (κ3) is 5.24. The molecular formula is C17H25NO2. The van der Waals surface area contributed by atoms with Crippen LogP contribution in [0.25, 0.3) is 0 Å². The van der Waals surface area contributed by atoms with Crippen molar-refractivity contribution >= 4 is 0 Å². The Bertz CT molecular complexity index is 420. The van der Waals surface area contributed by atoms with E-state index >= 15 is 0 Å². The second-order valence-corrected chi connectivity index (χ2v) is 5.31. The van der Waals surface area contributed by atoms with Crippen LogP contribution in [-0.4, -0.2) is 24.4 Å². The van der Waals surface area contributed by atoms with Gasteiger partial charge in [-0.05, 0) is 37.0 Å². The van der Waals surface area contributed by atoms with E-state index in [0.717, 1.165) is 12.2 Å². The van der Waals surface area contributed by atoms with E-state index in [1.807, 2.05) is 24.3 Å². The topological polar surface area (TPSA) is 41.5 Å². The highest BCUT2D eigenvalue weighted by atomic mass is 16.5. The highest BCUT2D eigenvalue weighted by Gasteiger charge is 2.16. The summed E-state index contributed by atoms with van der Waals surface area (Å²) in [6.07, 6.45) is 5.93. The van der Waals surface area contributed by atoms with Crippen LogP contribution >= 0.6 is 0 Å². The van der Waals surface area contributed by atoms with Crippen LogP contribution in [0, 0.1) is 18.3 Å². The van der Waals surface area contributed by atoms with Crippen LogP contribution in [0.15, 0.2) is 24.3 Å². The van der Waals surface area contributed by atoms with Gasteiger partial charge in [0.05, 0.1) is 0 Å². The Hall–Kier alpha value is -1.50. The Kier molecular flexibility index (Phi) is 7.14. The second-order valence-electron chi connectivity index (χ2n) is 5.31. The lowest BCUT2D eigenvalue weighted by atomic mass is 9.98. The molecule has 0 fully saturated rings. The summed E-state index contributed by atoms with van der Waals surface area (Å²) in [5.74, 6) is 3.72. The maximum Gasteiger partial charge on any atom is 0.148 e. The van der Waals surface area contributed by atoms with Gasteiger partial charge in [-0.15, -0.1) is 6.42 Å². The summed E-state index contributed by atoms with van der Waals surface area (Å²) in [6.45, 7) is 6.96. The number of terminal acetylenes is 1. The smallest absolute Gasteiger partial charge is 0.148 e. The van der Waals surface area contributed by atoms with Crippen molar-refractivity contribution in [3.05, 3.63) is 29.8 Å². The molecule has 0 aliphatic carbocycles. The maximum absolute atomic E-state index is 9.12. The highest BCUT2D eigenvalue weighted by molar-refractivity contribution is 5.29. The lowest BCUT2D eigenvalue weighted by molar-refractivity contribution is 0.237. The Balaban J connectivity index is 2.62. The summed E-state index contributed by atoms with van der Waals surface area (Å²) in [5.41, 5.74) is 1.20. The molecule has 0 aromatic heterocycles. The fraction of sp³-hybridized carbons (Fsp3) is 0.529. The fourth-order valence-corrected chi connectivity index (χ4v) is 2.14. The molecule has 1 aromatic rings. The molecule has 0 radical (unpaired) electrons. The van der Waals surface area contributed by atoms with Crippen LogP contribution < -0.4 is 10.1 Å². The first-order valence-corrected chi connectivity index (χ1v) is 7.11. The zero-order chi connectivity index (χ0) is 15.0. The first-order chi connectivity index (χ1) is 9.58. The summed E-state index contributed by atoms with van der Waals surface area (Å²) >= 11 is 0. The molecule has 2 unspecified atom stereocenters. The quantitative estimate of drug-likeness (QED) is 0.717. The molecule has 110 valence electrons. The van der Waals surface area contributed by atoms with Gasteiger partial charge < -0.3 is 15.2 Å². The van der Waals surface area contributed by atoms with Gasteiger partial charge in [0, 0.05) is 18.7 Å². The fourth-order valence-electron chi connectivity index (χ4n) is 2.14. The van der Waals surface area contributed by atoms with E-state index in [1.54, 1.807) is 0 Å². The molecule has 20 heavy (non-hydrogen) atoms. The van der Waals surface area contributed by atoms with E-state index in [1.165, 1.54) is 5.56 Å². The molecule has 0 aliphatic heterocycles. The zero-order valence-corrected chi connectivity index (χ0v) is 12.6. The summed E-state index contributed by atoms with van der Waals surface area (Å²) in [4.78, 5) is 0. The normalized spacial score (nSPS) is 13.8. The molecule has 2 atom stereocenters. The summed E-state index contributed by atoms with van der Waals surface area (Å²) < 4.78 is 5.36. The van der Waals surface area contributed by atoms with Crippen LogP contribution in [0.4, 0.5) is 0 Å². The molecule has 0 spiro atoms. The average Bonchev–Trinajstić information content (AvgIpc) is 2.45. The van der Waals surface area contributed by atoms with Crippen LogP contribution in [-0.2, 0) is 0 Å². The van der Waals surface area contributed by atoms with Crippen LogP contribution in [0.3, 0.4) is 0 Å². The molecule has 0 aliphatic rings. The SMILES string of the molecule is C#CCOc1ccc(C(C)NC(CCO)C(C)C)cc1. The third-order valence-corrected chi connectivity index (χ3v) is 3.41. The van der Waals surface area contributed by atoms with Gasteiger partial charge in [-0.25, -0.2) is 0 Å². The molecule has 1 aromatic carbocycles. The van der Waals surface area contributed by atoms with E-state index < -0.39 is 0 Å². The molecule has 0 bridgehead atoms. The number of ether oxygens (including phenoxy) is 1. The first-order valence-electron chi connectivity index (χ1n) is 7.11. The van der Waals surface area contributed by atoms with E-state index in [4.69, 9.17) is 16.3 Å². The Morgan fingerprint density at radius 1 is 1.25 bits per heavy atom. The third-order valence-electron chi connectivity index (χ3n) is 3.41. The summed E-state index contributed by atoms with van der Waals surface area (Å²) in [5, 5.41) is 12.7. The van der Waals surface area contributed by atoms with Crippen molar-refractivity contribution in [2.24, 2.45) is 5.92 Å². The molecule has 2 N–H and O–H groups in total. The van der Waals surface area contributed by atoms with Gasteiger partial charge in [-0.2, -0.15) is 0 Å². The largest absolute Gasteiger partial charge is 0.481 e. The van der Waals surface area contributed by atoms with Crippen molar-refractivity contribution in [2.45, 2.75) is 39.3 Å². The van der Waals surface area contributed by atoms with E-state index in [-0.39, 0.29) is 12.6 Å².